The number of carbonyl (C=O) groups excluding carboxylic acids is 1. The van der Waals surface area contributed by atoms with E-state index in [1.165, 1.54) is 12.4 Å². The van der Waals surface area contributed by atoms with Crippen molar-refractivity contribution in [3.63, 3.8) is 0 Å². The monoisotopic (exact) mass is 374 g/mol. The molecule has 1 aromatic heterocycles. The second-order valence-electron chi connectivity index (χ2n) is 5.42. The Morgan fingerprint density at radius 2 is 1.96 bits per heavy atom. The van der Waals surface area contributed by atoms with Crippen LogP contribution in [0.2, 0.25) is 0 Å². The highest BCUT2D eigenvalue weighted by atomic mass is 32.2. The number of aromatic nitrogens is 1. The van der Waals surface area contributed by atoms with Gasteiger partial charge < -0.3 is 5.73 Å². The molecule has 0 bridgehead atoms. The topological polar surface area (TPSA) is 126 Å². The first kappa shape index (κ1) is 19.3. The third-order valence-electron chi connectivity index (χ3n) is 3.30. The van der Waals surface area contributed by atoms with E-state index in [1.807, 2.05) is 19.1 Å². The van der Waals surface area contributed by atoms with Crippen molar-refractivity contribution in [3.05, 3.63) is 65.5 Å². The van der Waals surface area contributed by atoms with Crippen LogP contribution in [0.4, 0.5) is 0 Å². The zero-order valence-electron chi connectivity index (χ0n) is 14.2. The molecular formula is C17H18N4O4S. The molecule has 26 heavy (non-hydrogen) atoms. The summed E-state index contributed by atoms with van der Waals surface area (Å²) < 4.78 is 27.4. The minimum absolute atomic E-state index is 0.0752. The molecule has 1 amide bonds. The van der Waals surface area contributed by atoms with Gasteiger partial charge in [0, 0.05) is 18.0 Å². The number of carbonyl (C=O) groups is 1. The lowest BCUT2D eigenvalue weighted by Crippen LogP contribution is -2.42. The van der Waals surface area contributed by atoms with Crippen LogP contribution < -0.4 is 5.73 Å². The Kier molecular flexibility index (Phi) is 5.86. The van der Waals surface area contributed by atoms with E-state index >= 15 is 0 Å². The van der Waals surface area contributed by atoms with Gasteiger partial charge in [0.2, 0.25) is 5.96 Å². The van der Waals surface area contributed by atoms with Crippen LogP contribution in [0.1, 0.15) is 16.7 Å². The molecule has 2 rings (SSSR count). The number of aryl methyl sites for hydroxylation is 1. The molecule has 136 valence electrons. The van der Waals surface area contributed by atoms with Crippen molar-refractivity contribution in [3.8, 4) is 0 Å². The fourth-order valence-electron chi connectivity index (χ4n) is 2.12. The second-order valence-corrected chi connectivity index (χ2v) is 6.98. The first-order valence-corrected chi connectivity index (χ1v) is 9.26. The van der Waals surface area contributed by atoms with Gasteiger partial charge in [-0.05, 0) is 30.2 Å². The van der Waals surface area contributed by atoms with Crippen LogP contribution in [0.5, 0.6) is 0 Å². The lowest BCUT2D eigenvalue weighted by atomic mass is 10.0. The molecule has 0 fully saturated rings. The molecule has 0 atom stereocenters. The predicted octanol–water partition coefficient (Wildman–Crippen LogP) is 1.54. The molecular weight excluding hydrogens is 356 g/mol. The van der Waals surface area contributed by atoms with Gasteiger partial charge in [-0.25, -0.2) is 0 Å². The quantitative estimate of drug-likeness (QED) is 0.354. The fourth-order valence-corrected chi connectivity index (χ4v) is 2.54. The smallest absolute Gasteiger partial charge is 0.286 e. The predicted molar refractivity (Wildman–Crippen MR) is 98.0 cm³/mol. The van der Waals surface area contributed by atoms with Gasteiger partial charge in [-0.1, -0.05) is 30.3 Å². The van der Waals surface area contributed by atoms with Crippen molar-refractivity contribution < 1.29 is 17.5 Å². The average Bonchev–Trinajstić information content (AvgIpc) is 2.58. The highest BCUT2D eigenvalue weighted by molar-refractivity contribution is 7.85. The number of rotatable bonds is 5. The van der Waals surface area contributed by atoms with E-state index in [-0.39, 0.29) is 10.6 Å². The van der Waals surface area contributed by atoms with E-state index in [1.54, 1.807) is 30.3 Å². The van der Waals surface area contributed by atoms with Gasteiger partial charge in [-0.2, -0.15) is 8.42 Å². The van der Waals surface area contributed by atoms with Crippen LogP contribution in [0.3, 0.4) is 0 Å². The molecule has 0 aliphatic carbocycles. The normalized spacial score (nSPS) is 11.8. The number of hydrogen-bond donors (Lipinski definition) is 2. The summed E-state index contributed by atoms with van der Waals surface area (Å²) in [6.07, 6.45) is 5.30. The Bertz CT molecular complexity index is 956. The maximum Gasteiger partial charge on any atom is 0.286 e. The Morgan fingerprint density at radius 1 is 1.27 bits per heavy atom. The molecule has 0 aliphatic heterocycles. The Morgan fingerprint density at radius 3 is 2.50 bits per heavy atom. The number of guanidine groups is 1. The molecule has 1 heterocycles. The minimum atomic E-state index is -4.07. The molecule has 0 unspecified atom stereocenters. The van der Waals surface area contributed by atoms with Crippen molar-refractivity contribution in [1.29, 1.82) is 5.41 Å². The van der Waals surface area contributed by atoms with E-state index in [4.69, 9.17) is 11.1 Å². The van der Waals surface area contributed by atoms with Gasteiger partial charge >= 0.3 is 0 Å². The van der Waals surface area contributed by atoms with E-state index in [0.717, 1.165) is 17.4 Å². The van der Waals surface area contributed by atoms with Crippen LogP contribution in [0.15, 0.2) is 48.8 Å². The Hall–Kier alpha value is -3.04. The zero-order chi connectivity index (χ0) is 19.3. The Labute approximate surface area is 151 Å². The largest absolute Gasteiger partial charge is 0.368 e. The van der Waals surface area contributed by atoms with Gasteiger partial charge in [-0.15, -0.1) is 9.35 Å². The van der Waals surface area contributed by atoms with Crippen LogP contribution >= 0.6 is 0 Å². The van der Waals surface area contributed by atoms with Gasteiger partial charge in [0.1, 0.15) is 0 Å². The maximum atomic E-state index is 12.9. The molecule has 0 spiro atoms. The molecule has 8 nitrogen and oxygen atoms in total. The van der Waals surface area contributed by atoms with Crippen molar-refractivity contribution in [2.24, 2.45) is 5.73 Å². The summed E-state index contributed by atoms with van der Waals surface area (Å²) in [5.41, 5.74) is 7.48. The van der Waals surface area contributed by atoms with Crippen LogP contribution in [0, 0.1) is 12.3 Å². The number of pyridine rings is 1. The van der Waals surface area contributed by atoms with E-state index in [9.17, 15) is 13.2 Å². The van der Waals surface area contributed by atoms with Gasteiger partial charge in [-0.3, -0.25) is 15.2 Å². The summed E-state index contributed by atoms with van der Waals surface area (Å²) in [6, 6.07) is 10.6. The number of nitrogens with one attached hydrogen (secondary N) is 1. The highest BCUT2D eigenvalue weighted by Gasteiger charge is 2.27. The van der Waals surface area contributed by atoms with Crippen LogP contribution in [-0.4, -0.2) is 36.6 Å². The van der Waals surface area contributed by atoms with Gasteiger partial charge in [0.15, 0.2) is 0 Å². The SMILES string of the molecule is Cc1ccccc1/C=C(/C(=O)N(OS(C)(=O)=O)C(=N)N)c1cccnc1. The molecule has 1 aromatic carbocycles. The summed E-state index contributed by atoms with van der Waals surface area (Å²) in [5, 5.41) is 7.72. The summed E-state index contributed by atoms with van der Waals surface area (Å²) in [5.74, 6) is -1.76. The molecule has 3 N–H and O–H groups in total. The molecule has 9 heteroatoms. The highest BCUT2D eigenvalue weighted by Crippen LogP contribution is 2.22. The first-order valence-electron chi connectivity index (χ1n) is 7.45. The van der Waals surface area contributed by atoms with Crippen molar-refractivity contribution in [2.75, 3.05) is 6.26 Å². The Balaban J connectivity index is 2.58. The summed E-state index contributed by atoms with van der Waals surface area (Å²) in [4.78, 5) is 16.9. The number of nitrogens with two attached hydrogens (primary N) is 1. The minimum Gasteiger partial charge on any atom is -0.368 e. The first-order chi connectivity index (χ1) is 12.2. The molecule has 0 aliphatic rings. The lowest BCUT2D eigenvalue weighted by Gasteiger charge is -2.19. The number of benzene rings is 1. The third-order valence-corrected chi connectivity index (χ3v) is 3.72. The van der Waals surface area contributed by atoms with Crippen molar-refractivity contribution >= 4 is 33.6 Å². The number of amides is 1. The maximum absolute atomic E-state index is 12.9. The number of hydrogen-bond acceptors (Lipinski definition) is 6. The standard InChI is InChI=1S/C17H18N4O4S/c1-12-6-3-4-7-13(12)10-15(14-8-5-9-20-11-14)16(22)21(17(18)19)25-26(2,23)24/h3-11H,1-2H3,(H3,18,19)/b15-10+. The third kappa shape index (κ3) is 4.98. The molecule has 0 saturated heterocycles. The van der Waals surface area contributed by atoms with Crippen molar-refractivity contribution in [2.45, 2.75) is 6.92 Å². The zero-order valence-corrected chi connectivity index (χ0v) is 15.0. The van der Waals surface area contributed by atoms with Gasteiger partial charge in [0.05, 0.1) is 11.8 Å². The van der Waals surface area contributed by atoms with Crippen molar-refractivity contribution in [1.82, 2.24) is 10.0 Å². The summed E-state index contributed by atoms with van der Waals surface area (Å²) in [6.45, 7) is 1.87. The molecule has 0 radical (unpaired) electrons. The van der Waals surface area contributed by atoms with E-state index in [2.05, 4.69) is 9.27 Å². The average molecular weight is 374 g/mol. The fraction of sp³-hybridized carbons (Fsp3) is 0.118. The lowest BCUT2D eigenvalue weighted by molar-refractivity contribution is -0.137. The molecule has 2 aromatic rings. The van der Waals surface area contributed by atoms with Gasteiger partial charge in [0.25, 0.3) is 16.0 Å². The number of hydroxylamine groups is 2. The van der Waals surface area contributed by atoms with Crippen LogP contribution in [0.25, 0.3) is 11.6 Å². The molecule has 0 saturated carbocycles. The van der Waals surface area contributed by atoms with E-state index in [0.29, 0.717) is 5.56 Å². The second kappa shape index (κ2) is 7.89. The van der Waals surface area contributed by atoms with Crippen LogP contribution in [-0.2, 0) is 19.2 Å². The number of nitrogens with zero attached hydrogens (tertiary/aromatic N) is 2. The summed E-state index contributed by atoms with van der Waals surface area (Å²) >= 11 is 0. The van der Waals surface area contributed by atoms with E-state index < -0.39 is 22.0 Å². The summed E-state index contributed by atoms with van der Waals surface area (Å²) in [7, 11) is -4.07.